The van der Waals surface area contributed by atoms with Crippen molar-refractivity contribution in [3.05, 3.63) is 47.5 Å². The van der Waals surface area contributed by atoms with Crippen LogP contribution in [0.5, 0.6) is 0 Å². The summed E-state index contributed by atoms with van der Waals surface area (Å²) in [6, 6.07) is 10.5. The van der Waals surface area contributed by atoms with E-state index in [1.807, 2.05) is 30.3 Å². The molecule has 6 heteroatoms. The lowest BCUT2D eigenvalue weighted by Gasteiger charge is -2.36. The van der Waals surface area contributed by atoms with Crippen molar-refractivity contribution in [3.8, 4) is 0 Å². The van der Waals surface area contributed by atoms with E-state index in [2.05, 4.69) is 28.6 Å². The first kappa shape index (κ1) is 23.0. The normalized spacial score (nSPS) is 22.5. The molecule has 0 amide bonds. The third kappa shape index (κ3) is 5.40. The van der Waals surface area contributed by atoms with Gasteiger partial charge in [-0.3, -0.25) is 4.79 Å². The van der Waals surface area contributed by atoms with Crippen molar-refractivity contribution >= 4 is 5.97 Å². The van der Waals surface area contributed by atoms with Gasteiger partial charge in [-0.25, -0.2) is 0 Å². The minimum absolute atomic E-state index is 0.198. The van der Waals surface area contributed by atoms with Crippen molar-refractivity contribution in [2.24, 2.45) is 17.8 Å². The molecular formula is C26H37N3O3. The largest absolute Gasteiger partial charge is 0.481 e. The molecular weight excluding hydrogens is 402 g/mol. The fourth-order valence-corrected chi connectivity index (χ4v) is 5.11. The molecule has 2 aliphatic carbocycles. The molecule has 1 aromatic heterocycles. The molecule has 0 aliphatic heterocycles. The maximum Gasteiger partial charge on any atom is 0.306 e. The Morgan fingerprint density at radius 3 is 2.50 bits per heavy atom. The van der Waals surface area contributed by atoms with Crippen molar-refractivity contribution in [1.82, 2.24) is 14.8 Å². The Kier molecular flexibility index (Phi) is 7.29. The van der Waals surface area contributed by atoms with E-state index in [9.17, 15) is 9.90 Å². The molecule has 2 fully saturated rings. The van der Waals surface area contributed by atoms with Gasteiger partial charge in [0.1, 0.15) is 11.6 Å². The highest BCUT2D eigenvalue weighted by molar-refractivity contribution is 5.70. The Bertz CT molecular complexity index is 885. The summed E-state index contributed by atoms with van der Waals surface area (Å²) >= 11 is 0. The maximum absolute atomic E-state index is 11.9. The summed E-state index contributed by atoms with van der Waals surface area (Å²) in [5.41, 5.74) is 1.12. The summed E-state index contributed by atoms with van der Waals surface area (Å²) in [6.07, 6.45) is 6.55. The molecule has 0 saturated heterocycles. The van der Waals surface area contributed by atoms with Crippen LogP contribution in [0.15, 0.2) is 30.3 Å². The van der Waals surface area contributed by atoms with Crippen molar-refractivity contribution in [2.45, 2.75) is 83.8 Å². The second-order valence-electron chi connectivity index (χ2n) is 10.2. The standard InChI is InChI=1S/C26H37N3O3/c1-17(2)13-20-14-21(15-20)24-27-28-25(29(24)22-9-10-22)23(18(3)26(30)31)11-12-32-16-19-7-5-4-6-8-19/h4-8,17-18,20-23H,9-16H2,1-3H3,(H,30,31). The van der Waals surface area contributed by atoms with Crippen molar-refractivity contribution < 1.29 is 14.6 Å². The highest BCUT2D eigenvalue weighted by Crippen LogP contribution is 2.48. The van der Waals surface area contributed by atoms with Crippen LogP contribution in [0, 0.1) is 17.8 Å². The minimum atomic E-state index is -0.786. The van der Waals surface area contributed by atoms with Gasteiger partial charge in [0.25, 0.3) is 0 Å². The van der Waals surface area contributed by atoms with Crippen molar-refractivity contribution in [3.63, 3.8) is 0 Å². The fraction of sp³-hybridized carbons (Fsp3) is 0.654. The van der Waals surface area contributed by atoms with Gasteiger partial charge in [-0.15, -0.1) is 10.2 Å². The van der Waals surface area contributed by atoms with Crippen LogP contribution >= 0.6 is 0 Å². The van der Waals surface area contributed by atoms with Crippen molar-refractivity contribution in [1.29, 1.82) is 0 Å². The lowest BCUT2D eigenvalue weighted by atomic mass is 9.71. The van der Waals surface area contributed by atoms with Crippen LogP contribution in [0.1, 0.15) is 94.4 Å². The number of carboxylic acids is 1. The highest BCUT2D eigenvalue weighted by atomic mass is 16.5. The second-order valence-corrected chi connectivity index (χ2v) is 10.2. The zero-order valence-electron chi connectivity index (χ0n) is 19.6. The zero-order valence-corrected chi connectivity index (χ0v) is 19.6. The van der Waals surface area contributed by atoms with Gasteiger partial charge >= 0.3 is 5.97 Å². The lowest BCUT2D eigenvalue weighted by Crippen LogP contribution is -2.27. The second kappa shape index (κ2) is 10.2. The lowest BCUT2D eigenvalue weighted by molar-refractivity contribution is -0.142. The van der Waals surface area contributed by atoms with Gasteiger partial charge in [-0.05, 0) is 55.9 Å². The molecule has 1 aromatic carbocycles. The van der Waals surface area contributed by atoms with Gasteiger partial charge < -0.3 is 14.4 Å². The van der Waals surface area contributed by atoms with E-state index in [0.717, 1.165) is 41.9 Å². The summed E-state index contributed by atoms with van der Waals surface area (Å²) in [5.74, 6) is 2.42. The topological polar surface area (TPSA) is 77.2 Å². The third-order valence-corrected chi connectivity index (χ3v) is 7.08. The number of hydrogen-bond acceptors (Lipinski definition) is 4. The molecule has 0 spiro atoms. The van der Waals surface area contributed by atoms with Crippen LogP contribution in [-0.4, -0.2) is 32.4 Å². The molecule has 1 heterocycles. The number of carboxylic acid groups (broad SMARTS) is 1. The molecule has 2 aromatic rings. The number of ether oxygens (including phenoxy) is 1. The van der Waals surface area contributed by atoms with Gasteiger partial charge in [-0.1, -0.05) is 51.1 Å². The average Bonchev–Trinajstić information content (AvgIpc) is 3.50. The Morgan fingerprint density at radius 2 is 1.88 bits per heavy atom. The molecule has 174 valence electrons. The number of aliphatic carboxylic acids is 1. The SMILES string of the molecule is CC(C)CC1CC(c2nnc(C(CCOCc3ccccc3)C(C)C(=O)O)n2C2CC2)C1. The van der Waals surface area contributed by atoms with Crippen LogP contribution in [0.3, 0.4) is 0 Å². The van der Waals surface area contributed by atoms with Gasteiger partial charge in [0, 0.05) is 24.5 Å². The molecule has 2 atom stereocenters. The molecule has 4 rings (SSSR count). The number of carbonyl (C=O) groups is 1. The summed E-state index contributed by atoms with van der Waals surface area (Å²) in [6.45, 7) is 7.41. The van der Waals surface area contributed by atoms with E-state index in [1.54, 1.807) is 6.92 Å². The number of nitrogens with zero attached hydrogens (tertiary/aromatic N) is 3. The number of aromatic nitrogens is 3. The van der Waals surface area contributed by atoms with Gasteiger partial charge in [0.15, 0.2) is 0 Å². The van der Waals surface area contributed by atoms with Crippen LogP contribution in [0.25, 0.3) is 0 Å². The minimum Gasteiger partial charge on any atom is -0.481 e. The monoisotopic (exact) mass is 439 g/mol. The Labute approximate surface area is 191 Å². The first-order valence-electron chi connectivity index (χ1n) is 12.2. The number of benzene rings is 1. The van der Waals surface area contributed by atoms with E-state index in [0.29, 0.717) is 31.6 Å². The maximum atomic E-state index is 11.9. The van der Waals surface area contributed by atoms with E-state index in [1.165, 1.54) is 19.3 Å². The Balaban J connectivity index is 1.46. The van der Waals surface area contributed by atoms with Gasteiger partial charge in [-0.2, -0.15) is 0 Å². The first-order valence-corrected chi connectivity index (χ1v) is 12.2. The number of rotatable bonds is 12. The van der Waals surface area contributed by atoms with Crippen LogP contribution < -0.4 is 0 Å². The number of hydrogen-bond donors (Lipinski definition) is 1. The van der Waals surface area contributed by atoms with E-state index in [4.69, 9.17) is 4.74 Å². The summed E-state index contributed by atoms with van der Waals surface area (Å²) in [5, 5.41) is 19.0. The van der Waals surface area contributed by atoms with E-state index < -0.39 is 11.9 Å². The van der Waals surface area contributed by atoms with E-state index in [-0.39, 0.29) is 5.92 Å². The smallest absolute Gasteiger partial charge is 0.306 e. The van der Waals surface area contributed by atoms with Gasteiger partial charge in [0.2, 0.25) is 0 Å². The molecule has 0 radical (unpaired) electrons. The molecule has 1 N–H and O–H groups in total. The van der Waals surface area contributed by atoms with Crippen LogP contribution in [-0.2, 0) is 16.1 Å². The summed E-state index contributed by atoms with van der Waals surface area (Å²) in [4.78, 5) is 11.9. The highest BCUT2D eigenvalue weighted by Gasteiger charge is 2.40. The average molecular weight is 440 g/mol. The van der Waals surface area contributed by atoms with Gasteiger partial charge in [0.05, 0.1) is 12.5 Å². The zero-order chi connectivity index (χ0) is 22.7. The summed E-state index contributed by atoms with van der Waals surface area (Å²) in [7, 11) is 0. The first-order chi connectivity index (χ1) is 15.4. The van der Waals surface area contributed by atoms with Crippen LogP contribution in [0.2, 0.25) is 0 Å². The molecule has 2 saturated carbocycles. The van der Waals surface area contributed by atoms with E-state index >= 15 is 0 Å². The molecule has 2 aliphatic rings. The Hall–Kier alpha value is -2.21. The molecule has 2 unspecified atom stereocenters. The predicted molar refractivity (Wildman–Crippen MR) is 123 cm³/mol. The van der Waals surface area contributed by atoms with Crippen LogP contribution in [0.4, 0.5) is 0 Å². The quantitative estimate of drug-likeness (QED) is 0.438. The Morgan fingerprint density at radius 1 is 1.16 bits per heavy atom. The van der Waals surface area contributed by atoms with Crippen molar-refractivity contribution in [2.75, 3.05) is 6.61 Å². The fourth-order valence-electron chi connectivity index (χ4n) is 5.11. The third-order valence-electron chi connectivity index (χ3n) is 7.08. The molecule has 6 nitrogen and oxygen atoms in total. The predicted octanol–water partition coefficient (Wildman–Crippen LogP) is 5.56. The molecule has 0 bridgehead atoms. The summed E-state index contributed by atoms with van der Waals surface area (Å²) < 4.78 is 8.22. The molecule has 32 heavy (non-hydrogen) atoms.